The summed E-state index contributed by atoms with van der Waals surface area (Å²) >= 11 is 0. The summed E-state index contributed by atoms with van der Waals surface area (Å²) < 4.78 is 145. The average molecular weight is 762 g/mol. The van der Waals surface area contributed by atoms with E-state index in [1.807, 2.05) is 60.9 Å². The number of para-hydroxylation sites is 4. The summed E-state index contributed by atoms with van der Waals surface area (Å²) in [4.78, 5) is 23.8. The highest BCUT2D eigenvalue weighted by Crippen LogP contribution is 2.35. The van der Waals surface area contributed by atoms with Crippen molar-refractivity contribution >= 4 is 72.4 Å². The summed E-state index contributed by atoms with van der Waals surface area (Å²) in [7, 11) is -3.27. The van der Waals surface area contributed by atoms with Crippen LogP contribution in [0.4, 0.5) is 0 Å². The molecule has 6 aromatic carbocycles. The van der Waals surface area contributed by atoms with Crippen LogP contribution in [0.15, 0.2) is 188 Å². The highest BCUT2D eigenvalue weighted by molar-refractivity contribution is 7.22. The van der Waals surface area contributed by atoms with E-state index in [0.717, 1.165) is 41.0 Å². The summed E-state index contributed by atoms with van der Waals surface area (Å²) in [5.74, 6) is -1.09. The van der Waals surface area contributed by atoms with Gasteiger partial charge in [0.15, 0.2) is 13.9 Å². The lowest BCUT2D eigenvalue weighted by Crippen LogP contribution is -2.72. The maximum absolute atomic E-state index is 9.28. The van der Waals surface area contributed by atoms with Gasteiger partial charge in [0.1, 0.15) is 0 Å². The Hall–Kier alpha value is -7.55. The van der Waals surface area contributed by atoms with Gasteiger partial charge in [0.25, 0.3) is 0 Å². The predicted molar refractivity (Wildman–Crippen MR) is 232 cm³/mol. The second-order valence-electron chi connectivity index (χ2n) is 13.4. The minimum Gasteiger partial charge on any atom is -0.278 e. The van der Waals surface area contributed by atoms with Gasteiger partial charge in [0.05, 0.1) is 44.0 Å². The molecule has 1 aliphatic heterocycles. The lowest BCUT2D eigenvalue weighted by molar-refractivity contribution is 0.893. The van der Waals surface area contributed by atoms with Crippen molar-refractivity contribution in [2.24, 2.45) is 0 Å². The van der Waals surface area contributed by atoms with Gasteiger partial charge < -0.3 is 0 Å². The monoisotopic (exact) mass is 761 g/mol. The molecule has 0 bridgehead atoms. The molecule has 11 aromatic rings. The summed E-state index contributed by atoms with van der Waals surface area (Å²) in [5.41, 5.74) is 0.827. The lowest BCUT2D eigenvalue weighted by Gasteiger charge is -2.31. The molecule has 0 aliphatic carbocycles. The molecular formula is C49H31N7Si. The van der Waals surface area contributed by atoms with Gasteiger partial charge in [0.2, 0.25) is 11.9 Å². The topological polar surface area (TPSA) is 74.3 Å². The molecule has 7 nitrogen and oxygen atoms in total. The number of fused-ring (bicyclic) bond motifs is 9. The molecule has 266 valence electrons. The van der Waals surface area contributed by atoms with Gasteiger partial charge >= 0.3 is 0 Å². The Labute approximate surface area is 350 Å². The molecule has 0 radical (unpaired) electrons. The van der Waals surface area contributed by atoms with E-state index < -0.39 is 117 Å². The fourth-order valence-electron chi connectivity index (χ4n) is 8.31. The first-order valence-corrected chi connectivity index (χ1v) is 19.8. The van der Waals surface area contributed by atoms with E-state index in [2.05, 4.69) is 22.1 Å². The third kappa shape index (κ3) is 4.50. The van der Waals surface area contributed by atoms with Crippen molar-refractivity contribution in [2.75, 3.05) is 0 Å². The summed E-state index contributed by atoms with van der Waals surface area (Å²) in [6.07, 6.45) is 7.10. The van der Waals surface area contributed by atoms with E-state index in [0.29, 0.717) is 5.56 Å². The zero-order chi connectivity index (χ0) is 51.4. The standard InChI is InChI=1S/C49H31N7Si/c1-2-14-33(15-3-1)57(45-25-27-50-30-39(45)40-31-51-28-26-46(40)57)34-16-12-13-32(29-34)47-52-48(55-41-21-8-4-17-35(41)36-18-5-9-22-42(36)55)54-49(53-47)56-43-23-10-6-19-37(43)38-20-7-11-24-44(38)56/h1-31H/i4D,5D,6D,7D,8D,9D,10D,11D,17D,18D,19D,20D,21D,22D,23D,24D. The molecule has 0 spiro atoms. The van der Waals surface area contributed by atoms with Gasteiger partial charge in [-0.15, -0.1) is 0 Å². The van der Waals surface area contributed by atoms with E-state index in [1.54, 1.807) is 18.5 Å². The van der Waals surface area contributed by atoms with Gasteiger partial charge in [-0.3, -0.25) is 19.1 Å². The average Bonchev–Trinajstić information content (AvgIpc) is 4.07. The van der Waals surface area contributed by atoms with Gasteiger partial charge in [-0.25, -0.2) is 0 Å². The number of rotatable bonds is 5. The third-order valence-corrected chi connectivity index (χ3v) is 15.4. The number of pyridine rings is 2. The Morgan fingerprint density at radius 3 is 1.40 bits per heavy atom. The highest BCUT2D eigenvalue weighted by Gasteiger charge is 2.49. The Balaban J connectivity index is 1.27. The van der Waals surface area contributed by atoms with Gasteiger partial charge in [0, 0.05) is 63.0 Å². The zero-order valence-corrected chi connectivity index (χ0v) is 30.3. The second-order valence-corrected chi connectivity index (χ2v) is 17.1. The van der Waals surface area contributed by atoms with Crippen LogP contribution in [0.25, 0.3) is 78.0 Å². The Morgan fingerprint density at radius 1 is 0.456 bits per heavy atom. The zero-order valence-electron chi connectivity index (χ0n) is 45.3. The van der Waals surface area contributed by atoms with Crippen LogP contribution in [0.5, 0.6) is 0 Å². The molecule has 12 rings (SSSR count). The van der Waals surface area contributed by atoms with Gasteiger partial charge in [-0.1, -0.05) is 127 Å². The molecule has 0 N–H and O–H groups in total. The van der Waals surface area contributed by atoms with Crippen molar-refractivity contribution in [1.29, 1.82) is 0 Å². The van der Waals surface area contributed by atoms with E-state index in [9.17, 15) is 5.48 Å². The summed E-state index contributed by atoms with van der Waals surface area (Å²) in [6, 6.07) is 10.9. The van der Waals surface area contributed by atoms with E-state index in [4.69, 9.17) is 31.4 Å². The van der Waals surface area contributed by atoms with Gasteiger partial charge in [-0.05, 0) is 57.0 Å². The van der Waals surface area contributed by atoms with E-state index in [-0.39, 0.29) is 49.4 Å². The lowest BCUT2D eigenvalue weighted by atomic mass is 10.1. The molecule has 0 unspecified atom stereocenters. The summed E-state index contributed by atoms with van der Waals surface area (Å²) in [6.45, 7) is 0. The first-order chi connectivity index (χ1) is 34.9. The van der Waals surface area contributed by atoms with Crippen molar-refractivity contribution in [3.05, 3.63) is 188 Å². The highest BCUT2D eigenvalue weighted by atomic mass is 28.3. The van der Waals surface area contributed by atoms with Crippen LogP contribution in [0.2, 0.25) is 0 Å². The third-order valence-electron chi connectivity index (χ3n) is 10.6. The first-order valence-electron chi connectivity index (χ1n) is 25.8. The number of benzene rings is 6. The van der Waals surface area contributed by atoms with Crippen molar-refractivity contribution in [2.45, 2.75) is 0 Å². The van der Waals surface area contributed by atoms with Crippen molar-refractivity contribution in [3.63, 3.8) is 0 Å². The second kappa shape index (κ2) is 12.2. The number of nitrogens with zero attached hydrogens (tertiary/aromatic N) is 7. The van der Waals surface area contributed by atoms with Crippen LogP contribution in [-0.2, 0) is 0 Å². The maximum Gasteiger partial charge on any atom is 0.240 e. The van der Waals surface area contributed by atoms with Crippen LogP contribution in [0.1, 0.15) is 21.9 Å². The molecular weight excluding hydrogens is 715 g/mol. The van der Waals surface area contributed by atoms with Crippen LogP contribution in [0.3, 0.4) is 0 Å². The molecule has 1 aliphatic rings. The normalized spacial score (nSPS) is 17.0. The molecule has 0 saturated heterocycles. The smallest absolute Gasteiger partial charge is 0.240 e. The predicted octanol–water partition coefficient (Wildman–Crippen LogP) is 7.88. The minimum atomic E-state index is -3.27. The fourth-order valence-corrected chi connectivity index (χ4v) is 13.4. The fraction of sp³-hybridized carbons (Fsp3) is 0. The molecule has 0 amide bonds. The van der Waals surface area contributed by atoms with Crippen molar-refractivity contribution in [1.82, 2.24) is 34.1 Å². The quantitative estimate of drug-likeness (QED) is 0.167. The van der Waals surface area contributed by atoms with Crippen LogP contribution in [0, 0.1) is 0 Å². The Bertz CT molecular complexity index is 3940. The molecule has 0 fully saturated rings. The van der Waals surface area contributed by atoms with Crippen LogP contribution < -0.4 is 20.7 Å². The molecule has 57 heavy (non-hydrogen) atoms. The van der Waals surface area contributed by atoms with Crippen molar-refractivity contribution < 1.29 is 21.9 Å². The van der Waals surface area contributed by atoms with E-state index in [1.165, 1.54) is 0 Å². The number of hydrogen-bond acceptors (Lipinski definition) is 5. The number of hydrogen-bond donors (Lipinski definition) is 0. The molecule has 8 heteroatoms. The van der Waals surface area contributed by atoms with Crippen molar-refractivity contribution in [3.8, 4) is 34.4 Å². The summed E-state index contributed by atoms with van der Waals surface area (Å²) in [5, 5.41) is 2.84. The minimum absolute atomic E-state index is 0.143. The Morgan fingerprint density at radius 2 is 0.912 bits per heavy atom. The van der Waals surface area contributed by atoms with Gasteiger partial charge in [-0.2, -0.15) is 15.0 Å². The molecule has 0 saturated carbocycles. The molecule has 5 aromatic heterocycles. The first kappa shape index (κ1) is 19.9. The van der Waals surface area contributed by atoms with Crippen LogP contribution in [-0.4, -0.2) is 42.1 Å². The SMILES string of the molecule is [2H]c1c([2H])c([2H])c2c(c1[2H])c1c([2H])c([2H])c([2H])c([2H])c1n2-c1nc(-c2cccc([Si]3(c4ccccc4)c4ccncc4-c4cnccc43)c2)nc(-n2c3c([2H])c([2H])c([2H])c([2H])c3c3c([2H])c([2H])c([2H])c([2H])c32)n1. The molecule has 0 atom stereocenters. The largest absolute Gasteiger partial charge is 0.278 e. The van der Waals surface area contributed by atoms with E-state index >= 15 is 0 Å². The maximum atomic E-state index is 9.28. The Kier molecular flexibility index (Phi) is 4.26. The number of aromatic nitrogens is 7. The van der Waals surface area contributed by atoms with Crippen LogP contribution >= 0.6 is 0 Å². The molecule has 6 heterocycles.